The Morgan fingerprint density at radius 1 is 1.05 bits per heavy atom. The maximum absolute atomic E-state index is 13.9. The first-order valence-corrected chi connectivity index (χ1v) is 13.2. The second kappa shape index (κ2) is 9.74. The predicted molar refractivity (Wildman–Crippen MR) is 141 cm³/mol. The molecular formula is C26H30ClN7O3. The second-order valence-electron chi connectivity index (χ2n) is 9.86. The maximum atomic E-state index is 13.9. The monoisotopic (exact) mass is 523 g/mol. The fraction of sp³-hybridized carbons (Fsp3) is 0.462. The van der Waals surface area contributed by atoms with Crippen LogP contribution >= 0.6 is 11.6 Å². The van der Waals surface area contributed by atoms with E-state index in [0.29, 0.717) is 36.0 Å². The highest BCUT2D eigenvalue weighted by atomic mass is 35.5. The van der Waals surface area contributed by atoms with Crippen LogP contribution in [0.2, 0.25) is 5.02 Å². The lowest BCUT2D eigenvalue weighted by atomic mass is 9.98. The molecule has 11 heteroatoms. The van der Waals surface area contributed by atoms with Gasteiger partial charge in [0.15, 0.2) is 12.3 Å². The van der Waals surface area contributed by atoms with Crippen molar-refractivity contribution in [2.75, 3.05) is 56.2 Å². The molecule has 5 heterocycles. The van der Waals surface area contributed by atoms with Gasteiger partial charge in [0.1, 0.15) is 17.4 Å². The molecule has 1 N–H and O–H groups in total. The summed E-state index contributed by atoms with van der Waals surface area (Å²) in [6.07, 6.45) is 3.86. The van der Waals surface area contributed by atoms with Crippen molar-refractivity contribution in [3.05, 3.63) is 46.6 Å². The number of nitrogens with one attached hydrogen (secondary N) is 1. The number of ether oxygens (including phenoxy) is 1. The SMILES string of the molecule is CN1CCNC(=O)COc2ccc(Cl)cc2C(=O)N2CCCC[C@H]2c2cc3nc(N4CCC4)cc1n3n2. The van der Waals surface area contributed by atoms with Crippen LogP contribution in [-0.2, 0) is 4.79 Å². The molecule has 2 bridgehead atoms. The van der Waals surface area contributed by atoms with Gasteiger partial charge in [-0.25, -0.2) is 4.98 Å². The lowest BCUT2D eigenvalue weighted by Gasteiger charge is -2.35. The van der Waals surface area contributed by atoms with E-state index in [1.807, 2.05) is 22.5 Å². The Hall–Kier alpha value is -3.53. The Morgan fingerprint density at radius 3 is 2.73 bits per heavy atom. The van der Waals surface area contributed by atoms with Crippen molar-refractivity contribution in [3.8, 4) is 5.75 Å². The van der Waals surface area contributed by atoms with Crippen molar-refractivity contribution in [3.63, 3.8) is 0 Å². The molecule has 10 nitrogen and oxygen atoms in total. The molecule has 194 valence electrons. The number of likely N-dealkylation sites (N-methyl/N-ethyl adjacent to an activating group) is 1. The highest BCUT2D eigenvalue weighted by molar-refractivity contribution is 6.31. The van der Waals surface area contributed by atoms with Gasteiger partial charge < -0.3 is 24.8 Å². The van der Waals surface area contributed by atoms with Gasteiger partial charge in [0.05, 0.1) is 17.3 Å². The standard InChI is InChI=1S/C26H30ClN7O3/c1-31-12-8-28-24(35)16-37-21-7-6-17(27)13-18(21)26(36)33-11-3-2-5-20(33)19-14-23-29-22(32-9-4-10-32)15-25(31)34(23)30-19/h6-7,13-15,20H,2-5,8-12,16H2,1H3,(H,28,35)/t20-/m0/s1. The molecule has 37 heavy (non-hydrogen) atoms. The van der Waals surface area contributed by atoms with Gasteiger partial charge in [0, 0.05) is 56.9 Å². The Morgan fingerprint density at radius 2 is 1.92 bits per heavy atom. The largest absolute Gasteiger partial charge is 0.483 e. The minimum atomic E-state index is -0.257. The minimum Gasteiger partial charge on any atom is -0.483 e. The molecule has 0 spiro atoms. The van der Waals surface area contributed by atoms with Crippen molar-refractivity contribution in [2.45, 2.75) is 31.7 Å². The molecule has 0 unspecified atom stereocenters. The second-order valence-corrected chi connectivity index (χ2v) is 10.3. The number of rotatable bonds is 1. The van der Waals surface area contributed by atoms with E-state index in [9.17, 15) is 9.59 Å². The van der Waals surface area contributed by atoms with Gasteiger partial charge in [-0.3, -0.25) is 9.59 Å². The van der Waals surface area contributed by atoms with Crippen molar-refractivity contribution < 1.29 is 14.3 Å². The summed E-state index contributed by atoms with van der Waals surface area (Å²) < 4.78 is 7.66. The number of fused-ring (bicyclic) bond motifs is 4. The minimum absolute atomic E-state index is 0.182. The first kappa shape index (κ1) is 23.8. The van der Waals surface area contributed by atoms with E-state index in [1.165, 1.54) is 0 Å². The smallest absolute Gasteiger partial charge is 0.258 e. The van der Waals surface area contributed by atoms with Gasteiger partial charge >= 0.3 is 0 Å². The van der Waals surface area contributed by atoms with E-state index in [1.54, 1.807) is 18.2 Å². The predicted octanol–water partition coefficient (Wildman–Crippen LogP) is 2.91. The molecule has 6 rings (SSSR count). The summed E-state index contributed by atoms with van der Waals surface area (Å²) in [6.45, 7) is 3.39. The number of carbonyl (C=O) groups is 2. The van der Waals surface area contributed by atoms with E-state index in [0.717, 1.165) is 61.7 Å². The van der Waals surface area contributed by atoms with Crippen LogP contribution in [0, 0.1) is 0 Å². The molecule has 0 saturated carbocycles. The summed E-state index contributed by atoms with van der Waals surface area (Å²) >= 11 is 6.28. The summed E-state index contributed by atoms with van der Waals surface area (Å²) in [4.78, 5) is 37.5. The average Bonchev–Trinajstić information content (AvgIpc) is 3.29. The number of hydrogen-bond donors (Lipinski definition) is 1. The first-order valence-electron chi connectivity index (χ1n) is 12.8. The van der Waals surface area contributed by atoms with E-state index >= 15 is 0 Å². The fourth-order valence-corrected chi connectivity index (χ4v) is 5.38. The van der Waals surface area contributed by atoms with Crippen LogP contribution in [0.3, 0.4) is 0 Å². The molecule has 2 aromatic heterocycles. The first-order chi connectivity index (χ1) is 18.0. The number of nitrogens with zero attached hydrogens (tertiary/aromatic N) is 6. The molecule has 3 aromatic rings. The molecule has 1 aromatic carbocycles. The van der Waals surface area contributed by atoms with Crippen molar-refractivity contribution in [2.24, 2.45) is 0 Å². The van der Waals surface area contributed by atoms with Crippen LogP contribution in [0.15, 0.2) is 30.3 Å². The highest BCUT2D eigenvalue weighted by Crippen LogP contribution is 2.35. The zero-order valence-electron chi connectivity index (χ0n) is 20.8. The zero-order chi connectivity index (χ0) is 25.5. The Kier molecular flexibility index (Phi) is 6.27. The van der Waals surface area contributed by atoms with Crippen LogP contribution in [0.4, 0.5) is 11.6 Å². The summed E-state index contributed by atoms with van der Waals surface area (Å²) in [5.41, 5.74) is 1.92. The van der Waals surface area contributed by atoms with Gasteiger partial charge in [-0.2, -0.15) is 9.61 Å². The summed E-state index contributed by atoms with van der Waals surface area (Å²) in [5, 5.41) is 8.32. The van der Waals surface area contributed by atoms with Crippen LogP contribution in [0.5, 0.6) is 5.75 Å². The molecule has 3 aliphatic heterocycles. The number of benzene rings is 1. The van der Waals surface area contributed by atoms with Gasteiger partial charge in [-0.15, -0.1) is 0 Å². The van der Waals surface area contributed by atoms with Crippen molar-refractivity contribution in [1.29, 1.82) is 0 Å². The van der Waals surface area contributed by atoms with Gasteiger partial charge in [0.2, 0.25) is 0 Å². The Balaban J connectivity index is 1.47. The number of halogens is 1. The van der Waals surface area contributed by atoms with Crippen molar-refractivity contribution >= 4 is 40.7 Å². The number of carbonyl (C=O) groups excluding carboxylic acids is 2. The molecule has 1 atom stereocenters. The van der Waals surface area contributed by atoms with E-state index < -0.39 is 0 Å². The van der Waals surface area contributed by atoms with Crippen LogP contribution in [-0.4, -0.2) is 77.7 Å². The number of hydrogen-bond acceptors (Lipinski definition) is 7. The lowest BCUT2D eigenvalue weighted by Crippen LogP contribution is -2.39. The molecule has 0 radical (unpaired) electrons. The number of amides is 2. The third-order valence-corrected chi connectivity index (χ3v) is 7.63. The fourth-order valence-electron chi connectivity index (χ4n) is 5.21. The van der Waals surface area contributed by atoms with Gasteiger partial charge in [-0.05, 0) is 43.9 Å². The van der Waals surface area contributed by atoms with Gasteiger partial charge in [0.25, 0.3) is 11.8 Å². The number of aromatic nitrogens is 3. The Bertz CT molecular complexity index is 1360. The average molecular weight is 524 g/mol. The Labute approximate surface area is 220 Å². The molecule has 0 aliphatic carbocycles. The quantitative estimate of drug-likeness (QED) is 0.524. The third-order valence-electron chi connectivity index (χ3n) is 7.39. The maximum Gasteiger partial charge on any atom is 0.258 e. The summed E-state index contributed by atoms with van der Waals surface area (Å²) in [6, 6.07) is 8.79. The molecular weight excluding hydrogens is 494 g/mol. The zero-order valence-corrected chi connectivity index (χ0v) is 21.6. The van der Waals surface area contributed by atoms with E-state index in [4.69, 9.17) is 26.4 Å². The molecule has 2 fully saturated rings. The normalized spacial score (nSPS) is 20.8. The van der Waals surface area contributed by atoms with Crippen LogP contribution < -0.4 is 19.9 Å². The van der Waals surface area contributed by atoms with E-state index in [-0.39, 0.29) is 24.5 Å². The molecule has 2 amide bonds. The molecule has 2 saturated heterocycles. The third kappa shape index (κ3) is 4.54. The molecule has 3 aliphatic rings. The summed E-state index contributed by atoms with van der Waals surface area (Å²) in [7, 11) is 1.98. The summed E-state index contributed by atoms with van der Waals surface area (Å²) in [5.74, 6) is 1.71. The van der Waals surface area contributed by atoms with Gasteiger partial charge in [-0.1, -0.05) is 11.6 Å². The van der Waals surface area contributed by atoms with E-state index in [2.05, 4.69) is 21.2 Å². The highest BCUT2D eigenvalue weighted by Gasteiger charge is 2.33. The van der Waals surface area contributed by atoms with Crippen LogP contribution in [0.1, 0.15) is 47.8 Å². The topological polar surface area (TPSA) is 95.3 Å². The number of anilines is 2. The lowest BCUT2D eigenvalue weighted by molar-refractivity contribution is -0.123. The number of piperidine rings is 1. The van der Waals surface area contributed by atoms with Crippen molar-refractivity contribution in [1.82, 2.24) is 24.8 Å². The van der Waals surface area contributed by atoms with Crippen LogP contribution in [0.25, 0.3) is 5.65 Å².